The first-order valence-corrected chi connectivity index (χ1v) is 12.2. The number of hydrogen-bond donors (Lipinski definition) is 2. The van der Waals surface area contributed by atoms with E-state index in [9.17, 15) is 0 Å². The average Bonchev–Trinajstić information content (AvgIpc) is 2.79. The first-order chi connectivity index (χ1) is 15.1. The Balaban J connectivity index is 1.64. The predicted octanol–water partition coefficient (Wildman–Crippen LogP) is 3.05. The first kappa shape index (κ1) is 23.9. The van der Waals surface area contributed by atoms with Gasteiger partial charge in [0.15, 0.2) is 5.96 Å². The average molecular weight is 430 g/mol. The van der Waals surface area contributed by atoms with Crippen LogP contribution in [0.1, 0.15) is 50.2 Å². The molecule has 1 aromatic rings. The second kappa shape index (κ2) is 11.7. The van der Waals surface area contributed by atoms with Gasteiger partial charge in [-0.25, -0.2) is 0 Å². The third kappa shape index (κ3) is 6.59. The van der Waals surface area contributed by atoms with Crippen LogP contribution in [-0.4, -0.2) is 81.3 Å². The number of ether oxygens (including phenoxy) is 1. The summed E-state index contributed by atoms with van der Waals surface area (Å²) in [5.74, 6) is 1.90. The van der Waals surface area contributed by atoms with E-state index in [1.54, 1.807) is 7.11 Å². The first-order valence-electron chi connectivity index (χ1n) is 12.2. The van der Waals surface area contributed by atoms with Gasteiger partial charge in [0.25, 0.3) is 0 Å². The van der Waals surface area contributed by atoms with Crippen LogP contribution in [0.2, 0.25) is 0 Å². The van der Waals surface area contributed by atoms with Gasteiger partial charge in [-0.1, -0.05) is 24.1 Å². The monoisotopic (exact) mass is 429 g/mol. The number of methoxy groups -OCH3 is 1. The van der Waals surface area contributed by atoms with Crippen molar-refractivity contribution in [3.63, 3.8) is 0 Å². The van der Waals surface area contributed by atoms with Crippen LogP contribution in [0.15, 0.2) is 23.2 Å². The summed E-state index contributed by atoms with van der Waals surface area (Å²) in [5.41, 5.74) is 2.72. The SMILES string of the molecule is CCNC(=NCC1(N2CCCCC2)CCN(C)CC1)NCCc1cc(C)ccc1OC. The molecular weight excluding hydrogens is 386 g/mol. The lowest BCUT2D eigenvalue weighted by Gasteiger charge is -2.49. The van der Waals surface area contributed by atoms with Gasteiger partial charge in [-0.3, -0.25) is 9.89 Å². The number of rotatable bonds is 8. The fourth-order valence-corrected chi connectivity index (χ4v) is 4.96. The summed E-state index contributed by atoms with van der Waals surface area (Å²) < 4.78 is 5.54. The number of hydrogen-bond acceptors (Lipinski definition) is 4. The number of aliphatic imine (C=N–C) groups is 1. The maximum Gasteiger partial charge on any atom is 0.191 e. The van der Waals surface area contributed by atoms with E-state index in [2.05, 4.69) is 59.5 Å². The third-order valence-corrected chi connectivity index (χ3v) is 6.94. The standard InChI is InChI=1S/C25H43N5O/c1-5-26-24(27-14-11-22-19-21(2)9-10-23(22)31-4)28-20-25(12-17-29(3)18-13-25)30-15-7-6-8-16-30/h9-10,19H,5-8,11-18,20H2,1-4H3,(H2,26,27,28). The fraction of sp³-hybridized carbons (Fsp3) is 0.720. The zero-order valence-corrected chi connectivity index (χ0v) is 20.2. The maximum absolute atomic E-state index is 5.54. The molecule has 2 aliphatic rings. The smallest absolute Gasteiger partial charge is 0.191 e. The summed E-state index contributed by atoms with van der Waals surface area (Å²) in [4.78, 5) is 10.3. The summed E-state index contributed by atoms with van der Waals surface area (Å²) in [6, 6.07) is 6.38. The Morgan fingerprint density at radius 2 is 1.84 bits per heavy atom. The zero-order valence-electron chi connectivity index (χ0n) is 20.2. The molecule has 2 heterocycles. The molecule has 2 N–H and O–H groups in total. The summed E-state index contributed by atoms with van der Waals surface area (Å²) in [5, 5.41) is 7.02. The molecule has 0 spiro atoms. The maximum atomic E-state index is 5.54. The van der Waals surface area contributed by atoms with Gasteiger partial charge in [0.2, 0.25) is 0 Å². The van der Waals surface area contributed by atoms with E-state index in [-0.39, 0.29) is 5.54 Å². The van der Waals surface area contributed by atoms with Crippen LogP contribution in [0.25, 0.3) is 0 Å². The lowest BCUT2D eigenvalue weighted by atomic mass is 9.84. The van der Waals surface area contributed by atoms with Gasteiger partial charge in [-0.05, 0) is 90.8 Å². The Morgan fingerprint density at radius 3 is 2.52 bits per heavy atom. The van der Waals surface area contributed by atoms with Crippen LogP contribution in [0.3, 0.4) is 0 Å². The Labute approximate surface area is 189 Å². The highest BCUT2D eigenvalue weighted by Gasteiger charge is 2.39. The number of guanidine groups is 1. The molecule has 0 unspecified atom stereocenters. The van der Waals surface area contributed by atoms with E-state index in [0.717, 1.165) is 37.8 Å². The van der Waals surface area contributed by atoms with E-state index in [1.807, 2.05) is 0 Å². The Bertz CT molecular complexity index is 706. The zero-order chi connectivity index (χ0) is 22.1. The molecule has 6 heteroatoms. The van der Waals surface area contributed by atoms with Crippen LogP contribution >= 0.6 is 0 Å². The van der Waals surface area contributed by atoms with Gasteiger partial charge in [0.05, 0.1) is 13.7 Å². The molecule has 0 saturated carbocycles. The van der Waals surface area contributed by atoms with E-state index in [0.29, 0.717) is 0 Å². The molecule has 3 rings (SSSR count). The minimum atomic E-state index is 0.217. The van der Waals surface area contributed by atoms with Crippen molar-refractivity contribution in [3.8, 4) is 5.75 Å². The molecule has 2 aliphatic heterocycles. The number of aryl methyl sites for hydroxylation is 1. The number of piperidine rings is 2. The molecule has 6 nitrogen and oxygen atoms in total. The van der Waals surface area contributed by atoms with Crippen molar-refractivity contribution in [1.82, 2.24) is 20.4 Å². The van der Waals surface area contributed by atoms with Crippen LogP contribution in [0.4, 0.5) is 0 Å². The Kier molecular flexibility index (Phi) is 9.02. The lowest BCUT2D eigenvalue weighted by molar-refractivity contribution is 0.0208. The van der Waals surface area contributed by atoms with Crippen molar-refractivity contribution in [2.45, 2.75) is 57.9 Å². The van der Waals surface area contributed by atoms with Gasteiger partial charge < -0.3 is 20.3 Å². The second-order valence-electron chi connectivity index (χ2n) is 9.26. The Hall–Kier alpha value is -1.79. The van der Waals surface area contributed by atoms with Crippen molar-refractivity contribution in [2.24, 2.45) is 4.99 Å². The molecule has 0 radical (unpaired) electrons. The van der Waals surface area contributed by atoms with Crippen molar-refractivity contribution in [1.29, 1.82) is 0 Å². The predicted molar refractivity (Wildman–Crippen MR) is 130 cm³/mol. The van der Waals surface area contributed by atoms with E-state index in [1.165, 1.54) is 69.4 Å². The van der Waals surface area contributed by atoms with Crippen LogP contribution in [0.5, 0.6) is 5.75 Å². The second-order valence-corrected chi connectivity index (χ2v) is 9.26. The Morgan fingerprint density at radius 1 is 1.10 bits per heavy atom. The summed E-state index contributed by atoms with van der Waals surface area (Å²) >= 11 is 0. The molecule has 1 aromatic carbocycles. The quantitative estimate of drug-likeness (QED) is 0.491. The third-order valence-electron chi connectivity index (χ3n) is 6.94. The number of benzene rings is 1. The molecule has 31 heavy (non-hydrogen) atoms. The number of likely N-dealkylation sites (tertiary alicyclic amines) is 2. The van der Waals surface area contributed by atoms with E-state index in [4.69, 9.17) is 9.73 Å². The molecule has 0 atom stereocenters. The minimum absolute atomic E-state index is 0.217. The van der Waals surface area contributed by atoms with Gasteiger partial charge in [0.1, 0.15) is 5.75 Å². The molecule has 2 saturated heterocycles. The number of nitrogens with one attached hydrogen (secondary N) is 2. The lowest BCUT2D eigenvalue weighted by Crippen LogP contribution is -2.58. The van der Waals surface area contributed by atoms with Crippen LogP contribution in [-0.2, 0) is 6.42 Å². The molecule has 0 bridgehead atoms. The minimum Gasteiger partial charge on any atom is -0.496 e. The van der Waals surface area contributed by atoms with Gasteiger partial charge in [0, 0.05) is 18.6 Å². The molecule has 174 valence electrons. The molecule has 0 aliphatic carbocycles. The van der Waals surface area contributed by atoms with Crippen molar-refractivity contribution in [2.75, 3.05) is 60.0 Å². The highest BCUT2D eigenvalue weighted by Crippen LogP contribution is 2.31. The van der Waals surface area contributed by atoms with Crippen molar-refractivity contribution >= 4 is 5.96 Å². The number of nitrogens with zero attached hydrogens (tertiary/aromatic N) is 3. The summed E-state index contributed by atoms with van der Waals surface area (Å²) in [7, 11) is 3.99. The highest BCUT2D eigenvalue weighted by molar-refractivity contribution is 5.79. The van der Waals surface area contributed by atoms with Crippen LogP contribution < -0.4 is 15.4 Å². The summed E-state index contributed by atoms with van der Waals surface area (Å²) in [6.07, 6.45) is 7.38. The normalized spacial score (nSPS) is 20.5. The molecule has 0 aromatic heterocycles. The van der Waals surface area contributed by atoms with Gasteiger partial charge in [-0.15, -0.1) is 0 Å². The van der Waals surface area contributed by atoms with Crippen molar-refractivity contribution in [3.05, 3.63) is 29.3 Å². The van der Waals surface area contributed by atoms with Gasteiger partial charge in [-0.2, -0.15) is 0 Å². The van der Waals surface area contributed by atoms with E-state index < -0.39 is 0 Å². The molecule has 0 amide bonds. The largest absolute Gasteiger partial charge is 0.496 e. The van der Waals surface area contributed by atoms with E-state index >= 15 is 0 Å². The molecule has 2 fully saturated rings. The molecular formula is C25H43N5O. The van der Waals surface area contributed by atoms with Crippen LogP contribution in [0, 0.1) is 6.92 Å². The van der Waals surface area contributed by atoms with Gasteiger partial charge >= 0.3 is 0 Å². The van der Waals surface area contributed by atoms with Crippen molar-refractivity contribution < 1.29 is 4.74 Å². The highest BCUT2D eigenvalue weighted by atomic mass is 16.5. The topological polar surface area (TPSA) is 52.1 Å². The fourth-order valence-electron chi connectivity index (χ4n) is 4.96. The summed E-state index contributed by atoms with van der Waals surface area (Å²) in [6.45, 7) is 11.7.